The van der Waals surface area contributed by atoms with Crippen LogP contribution >= 0.6 is 12.2 Å². The van der Waals surface area contributed by atoms with E-state index in [1.165, 1.54) is 38.5 Å². The lowest BCUT2D eigenvalue weighted by molar-refractivity contribution is 0.603. The van der Waals surface area contributed by atoms with E-state index >= 15 is 0 Å². The molecule has 0 spiro atoms. The van der Waals surface area contributed by atoms with Gasteiger partial charge in [0.25, 0.3) is 0 Å². The molecule has 0 radical (unpaired) electrons. The van der Waals surface area contributed by atoms with Crippen molar-refractivity contribution in [2.45, 2.75) is 45.4 Å². The summed E-state index contributed by atoms with van der Waals surface area (Å²) in [6.07, 6.45) is 7.89. The molecule has 0 aliphatic rings. The third-order valence-corrected chi connectivity index (χ3v) is 2.09. The van der Waals surface area contributed by atoms with Gasteiger partial charge in [0.1, 0.15) is 0 Å². The molecule has 1 nitrogen and oxygen atoms in total. The maximum atomic E-state index is 4.72. The van der Waals surface area contributed by atoms with Gasteiger partial charge in [0.05, 0.1) is 0 Å². The first-order valence-corrected chi connectivity index (χ1v) is 5.54. The number of hydrogen-bond acceptors (Lipinski definition) is 2. The highest BCUT2D eigenvalue weighted by molar-refractivity contribution is 8.00. The van der Waals surface area contributed by atoms with Crippen LogP contribution in [0.25, 0.3) is 0 Å². The van der Waals surface area contributed by atoms with Gasteiger partial charge < -0.3 is 30.2 Å². The van der Waals surface area contributed by atoms with Crippen LogP contribution in [0.5, 0.6) is 0 Å². The molecule has 0 aromatic carbocycles. The van der Waals surface area contributed by atoms with Crippen molar-refractivity contribution in [2.24, 2.45) is 0 Å². The highest BCUT2D eigenvalue weighted by atomic mass is 32.1. The van der Waals surface area contributed by atoms with Crippen LogP contribution in [0.1, 0.15) is 45.4 Å². The average molecular weight is 204 g/mol. The summed E-state index contributed by atoms with van der Waals surface area (Å²) in [5.41, 5.74) is 0. The van der Waals surface area contributed by atoms with Crippen LogP contribution in [0, 0.1) is 0 Å². The number of thiocarbonyl (C=S) groups is 1. The van der Waals surface area contributed by atoms with Crippen molar-refractivity contribution < 1.29 is 0 Å². The van der Waals surface area contributed by atoms with E-state index < -0.39 is 0 Å². The monoisotopic (exact) mass is 204 g/mol. The fraction of sp³-hybridized carbons (Fsp3) is 0.889. The third-order valence-electron chi connectivity index (χ3n) is 1.80. The second-order valence-corrected chi connectivity index (χ2v) is 4.06. The lowest BCUT2D eigenvalue weighted by Gasteiger charge is -2.08. The number of hydrogen-bond donors (Lipinski definition) is 1. The fourth-order valence-electron chi connectivity index (χ4n) is 1.10. The van der Waals surface area contributed by atoms with E-state index in [4.69, 9.17) is 24.8 Å². The minimum Gasteiger partial charge on any atom is -0.412 e. The van der Waals surface area contributed by atoms with Crippen LogP contribution < -0.4 is 5.32 Å². The maximum absolute atomic E-state index is 4.72. The van der Waals surface area contributed by atoms with Gasteiger partial charge in [-0.05, 0) is 6.42 Å². The van der Waals surface area contributed by atoms with Crippen LogP contribution in [-0.2, 0) is 12.6 Å². The Kier molecular flexibility index (Phi) is 9.28. The molecular formula is C9H18NS2-. The lowest BCUT2D eigenvalue weighted by atomic mass is 10.1. The van der Waals surface area contributed by atoms with Crippen molar-refractivity contribution in [3.05, 3.63) is 0 Å². The second-order valence-electron chi connectivity index (χ2n) is 2.98. The Morgan fingerprint density at radius 3 is 2.33 bits per heavy atom. The lowest BCUT2D eigenvalue weighted by Crippen LogP contribution is -2.19. The van der Waals surface area contributed by atoms with E-state index in [0.29, 0.717) is 4.32 Å². The Balaban J connectivity index is 2.86. The van der Waals surface area contributed by atoms with Gasteiger partial charge in [-0.25, -0.2) is 0 Å². The average Bonchev–Trinajstić information content (AvgIpc) is 2.02. The summed E-state index contributed by atoms with van der Waals surface area (Å²) in [5, 5.41) is 2.98. The predicted octanol–water partition coefficient (Wildman–Crippen LogP) is 2.77. The number of unbranched alkanes of at least 4 members (excludes halogenated alkanes) is 5. The Hall–Kier alpha value is 0.110. The van der Waals surface area contributed by atoms with E-state index in [1.807, 2.05) is 0 Å². The van der Waals surface area contributed by atoms with Crippen LogP contribution in [0.15, 0.2) is 0 Å². The van der Waals surface area contributed by atoms with Crippen molar-refractivity contribution in [1.29, 1.82) is 0 Å². The van der Waals surface area contributed by atoms with Crippen LogP contribution in [-0.4, -0.2) is 10.9 Å². The SMILES string of the molecule is CCCCCCCCNC(=S)[S-]. The first kappa shape index (κ1) is 12.1. The van der Waals surface area contributed by atoms with Crippen molar-refractivity contribution in [1.82, 2.24) is 5.32 Å². The van der Waals surface area contributed by atoms with Gasteiger partial charge in [0.15, 0.2) is 0 Å². The van der Waals surface area contributed by atoms with Crippen LogP contribution in [0.4, 0.5) is 0 Å². The van der Waals surface area contributed by atoms with E-state index in [9.17, 15) is 0 Å². The van der Waals surface area contributed by atoms with Crippen molar-refractivity contribution in [3.8, 4) is 0 Å². The summed E-state index contributed by atoms with van der Waals surface area (Å²) < 4.78 is 0.503. The summed E-state index contributed by atoms with van der Waals surface area (Å²) in [6.45, 7) is 3.19. The highest BCUT2D eigenvalue weighted by Crippen LogP contribution is 2.03. The quantitative estimate of drug-likeness (QED) is 0.389. The standard InChI is InChI=1S/C9H19NS2/c1-2-3-4-5-6-7-8-10-9(11)12/h2-8H2,1H3,(H2,10,11,12)/p-1. The molecule has 0 fully saturated rings. The molecule has 12 heavy (non-hydrogen) atoms. The molecule has 0 heterocycles. The van der Waals surface area contributed by atoms with Gasteiger partial charge >= 0.3 is 0 Å². The topological polar surface area (TPSA) is 12.0 Å². The van der Waals surface area contributed by atoms with Crippen LogP contribution in [0.2, 0.25) is 0 Å². The molecule has 0 aliphatic heterocycles. The molecule has 0 saturated carbocycles. The molecule has 3 heteroatoms. The van der Waals surface area contributed by atoms with Gasteiger partial charge in [-0.15, -0.1) is 0 Å². The van der Waals surface area contributed by atoms with Gasteiger partial charge in [-0.3, -0.25) is 0 Å². The molecular weight excluding hydrogens is 186 g/mol. The first-order chi connectivity index (χ1) is 5.77. The van der Waals surface area contributed by atoms with Gasteiger partial charge in [0.2, 0.25) is 0 Å². The van der Waals surface area contributed by atoms with Gasteiger partial charge in [-0.1, -0.05) is 43.3 Å². The molecule has 1 N–H and O–H groups in total. The van der Waals surface area contributed by atoms with Crippen molar-refractivity contribution in [3.63, 3.8) is 0 Å². The summed E-state index contributed by atoms with van der Waals surface area (Å²) in [5.74, 6) is 0. The molecule has 72 valence electrons. The molecule has 0 atom stereocenters. The summed E-state index contributed by atoms with van der Waals surface area (Å²) in [4.78, 5) is 0. The summed E-state index contributed by atoms with van der Waals surface area (Å²) >= 11 is 9.44. The molecule has 0 aromatic heterocycles. The Bertz CT molecular complexity index is 115. The van der Waals surface area contributed by atoms with Gasteiger partial charge in [0, 0.05) is 6.54 Å². The third kappa shape index (κ3) is 10.1. The largest absolute Gasteiger partial charge is 0.412 e. The first-order valence-electron chi connectivity index (χ1n) is 4.72. The predicted molar refractivity (Wildman–Crippen MR) is 61.3 cm³/mol. The van der Waals surface area contributed by atoms with E-state index in [2.05, 4.69) is 12.2 Å². The maximum Gasteiger partial charge on any atom is 0.0132 e. The normalized spacial score (nSPS) is 9.75. The Morgan fingerprint density at radius 1 is 1.17 bits per heavy atom. The highest BCUT2D eigenvalue weighted by Gasteiger charge is 1.88. The Morgan fingerprint density at radius 2 is 1.75 bits per heavy atom. The molecule has 0 unspecified atom stereocenters. The fourth-order valence-corrected chi connectivity index (χ4v) is 1.30. The smallest absolute Gasteiger partial charge is 0.0132 e. The van der Waals surface area contributed by atoms with E-state index in [-0.39, 0.29) is 0 Å². The molecule has 0 amide bonds. The molecule has 0 rings (SSSR count). The Labute approximate surface area is 86.7 Å². The zero-order chi connectivity index (χ0) is 9.23. The minimum absolute atomic E-state index is 0.503. The minimum atomic E-state index is 0.503. The van der Waals surface area contributed by atoms with Gasteiger partial charge in [-0.2, -0.15) is 0 Å². The zero-order valence-corrected chi connectivity index (χ0v) is 9.40. The summed E-state index contributed by atoms with van der Waals surface area (Å²) in [7, 11) is 0. The molecule has 0 aromatic rings. The molecule has 0 saturated heterocycles. The number of nitrogens with one attached hydrogen (secondary N) is 1. The second kappa shape index (κ2) is 9.20. The van der Waals surface area contributed by atoms with Crippen LogP contribution in [0.3, 0.4) is 0 Å². The van der Waals surface area contributed by atoms with Crippen molar-refractivity contribution >= 4 is 29.2 Å². The molecule has 0 bridgehead atoms. The van der Waals surface area contributed by atoms with Crippen molar-refractivity contribution in [2.75, 3.05) is 6.54 Å². The molecule has 0 aliphatic carbocycles. The van der Waals surface area contributed by atoms with E-state index in [0.717, 1.165) is 6.54 Å². The summed E-state index contributed by atoms with van der Waals surface area (Å²) in [6, 6.07) is 0. The zero-order valence-electron chi connectivity index (χ0n) is 7.77. The van der Waals surface area contributed by atoms with E-state index in [1.54, 1.807) is 0 Å². The number of rotatable bonds is 7.